The number of pyridine rings is 1. The molecule has 0 aliphatic carbocycles. The maximum Gasteiger partial charge on any atom is 0.242 e. The quantitative estimate of drug-likeness (QED) is 0.890. The van der Waals surface area contributed by atoms with Crippen LogP contribution in [0.3, 0.4) is 0 Å². The van der Waals surface area contributed by atoms with Crippen LogP contribution in [0.4, 0.5) is 5.69 Å². The zero-order valence-corrected chi connectivity index (χ0v) is 14.4. The molecule has 1 aromatic heterocycles. The van der Waals surface area contributed by atoms with E-state index in [1.807, 2.05) is 37.3 Å². The van der Waals surface area contributed by atoms with Crippen LogP contribution in [0.2, 0.25) is 0 Å². The number of fused-ring (bicyclic) bond motifs is 1. The first kappa shape index (κ1) is 16.7. The van der Waals surface area contributed by atoms with Crippen LogP contribution in [-0.4, -0.2) is 54.8 Å². The second-order valence-corrected chi connectivity index (χ2v) is 8.20. The summed E-state index contributed by atoms with van der Waals surface area (Å²) in [6.45, 7) is 2.51. The number of aromatic nitrogens is 1. The minimum absolute atomic E-state index is 0.0718. The molecule has 1 atom stereocenters. The number of carbonyl (C=O) groups excluding carboxylic acids is 1. The van der Waals surface area contributed by atoms with Gasteiger partial charge in [0, 0.05) is 24.2 Å². The van der Waals surface area contributed by atoms with Gasteiger partial charge in [0.2, 0.25) is 5.91 Å². The monoisotopic (exact) mass is 347 g/mol. The van der Waals surface area contributed by atoms with E-state index in [-0.39, 0.29) is 30.0 Å². The average Bonchev–Trinajstić information content (AvgIpc) is 2.93. The van der Waals surface area contributed by atoms with Crippen LogP contribution in [-0.2, 0) is 14.6 Å². The smallest absolute Gasteiger partial charge is 0.242 e. The van der Waals surface area contributed by atoms with Gasteiger partial charge in [0.05, 0.1) is 29.3 Å². The molecule has 3 rings (SSSR count). The number of nitrogens with zero attached hydrogens (tertiary/aromatic N) is 2. The summed E-state index contributed by atoms with van der Waals surface area (Å²) in [6.07, 6.45) is 2.24. The minimum Gasteiger partial charge on any atom is -0.374 e. The maximum atomic E-state index is 12.5. The lowest BCUT2D eigenvalue weighted by Crippen LogP contribution is -2.43. The van der Waals surface area contributed by atoms with E-state index in [1.165, 1.54) is 0 Å². The van der Waals surface area contributed by atoms with Crippen molar-refractivity contribution in [1.82, 2.24) is 9.88 Å². The van der Waals surface area contributed by atoms with E-state index in [0.717, 1.165) is 16.6 Å². The number of hydrogen-bond acceptors (Lipinski definition) is 5. The highest BCUT2D eigenvalue weighted by atomic mass is 32.2. The summed E-state index contributed by atoms with van der Waals surface area (Å²) in [5, 5.41) is 4.15. The standard InChI is InChI=1S/C17H21N3O3S/c1-2-20(14-8-10-24(22,23)12-14)16(21)11-19-15-7-3-5-13-6-4-9-18-17(13)15/h3-7,9,14,19H,2,8,10-12H2,1H3. The van der Waals surface area contributed by atoms with Gasteiger partial charge >= 0.3 is 0 Å². The van der Waals surface area contributed by atoms with E-state index in [1.54, 1.807) is 11.1 Å². The van der Waals surface area contributed by atoms with E-state index in [4.69, 9.17) is 0 Å². The Bertz CT molecular complexity index is 846. The highest BCUT2D eigenvalue weighted by molar-refractivity contribution is 7.91. The first-order chi connectivity index (χ1) is 11.5. The lowest BCUT2D eigenvalue weighted by Gasteiger charge is -2.27. The molecule has 1 saturated heterocycles. The third-order valence-corrected chi connectivity index (χ3v) is 6.12. The van der Waals surface area contributed by atoms with Crippen LogP contribution in [0, 0.1) is 0 Å². The molecule has 0 saturated carbocycles. The van der Waals surface area contributed by atoms with E-state index >= 15 is 0 Å². The molecule has 1 aliphatic heterocycles. The van der Waals surface area contributed by atoms with Gasteiger partial charge < -0.3 is 10.2 Å². The third kappa shape index (κ3) is 3.51. The molecule has 1 fully saturated rings. The highest BCUT2D eigenvalue weighted by Gasteiger charge is 2.33. The summed E-state index contributed by atoms with van der Waals surface area (Å²) in [5.74, 6) is 0.150. The second-order valence-electron chi connectivity index (χ2n) is 5.97. The van der Waals surface area contributed by atoms with Crippen molar-refractivity contribution in [2.75, 3.05) is 29.9 Å². The fourth-order valence-electron chi connectivity index (χ4n) is 3.18. The Labute approximate surface area is 141 Å². The SMILES string of the molecule is CCN(C(=O)CNc1cccc2cccnc12)C1CCS(=O)(=O)C1. The molecule has 6 nitrogen and oxygen atoms in total. The molecule has 0 spiro atoms. The van der Waals surface area contributed by atoms with E-state index < -0.39 is 9.84 Å². The van der Waals surface area contributed by atoms with Crippen molar-refractivity contribution >= 4 is 32.3 Å². The van der Waals surface area contributed by atoms with Crippen LogP contribution in [0.5, 0.6) is 0 Å². The molecular formula is C17H21N3O3S. The fourth-order valence-corrected chi connectivity index (χ4v) is 4.91. The van der Waals surface area contributed by atoms with Crippen molar-refractivity contribution in [2.24, 2.45) is 0 Å². The number of amides is 1. The first-order valence-electron chi connectivity index (χ1n) is 8.07. The molecule has 1 unspecified atom stereocenters. The lowest BCUT2D eigenvalue weighted by molar-refractivity contribution is -0.130. The number of anilines is 1. The normalized spacial score (nSPS) is 19.3. The van der Waals surface area contributed by atoms with Crippen LogP contribution >= 0.6 is 0 Å². The Balaban J connectivity index is 1.70. The summed E-state index contributed by atoms with van der Waals surface area (Å²) < 4.78 is 23.3. The highest BCUT2D eigenvalue weighted by Crippen LogP contribution is 2.21. The molecule has 2 aromatic rings. The number of benzene rings is 1. The minimum atomic E-state index is -3.00. The third-order valence-electron chi connectivity index (χ3n) is 4.37. The number of nitrogens with one attached hydrogen (secondary N) is 1. The molecule has 0 radical (unpaired) electrons. The zero-order valence-electron chi connectivity index (χ0n) is 13.6. The maximum absolute atomic E-state index is 12.5. The number of hydrogen-bond donors (Lipinski definition) is 1. The molecule has 1 amide bonds. The zero-order chi connectivity index (χ0) is 17.2. The summed E-state index contributed by atoms with van der Waals surface area (Å²) >= 11 is 0. The van der Waals surface area contributed by atoms with Gasteiger partial charge in [0.25, 0.3) is 0 Å². The van der Waals surface area contributed by atoms with Crippen molar-refractivity contribution in [3.8, 4) is 0 Å². The van der Waals surface area contributed by atoms with Gasteiger partial charge in [-0.2, -0.15) is 0 Å². The van der Waals surface area contributed by atoms with Gasteiger partial charge in [-0.1, -0.05) is 18.2 Å². The van der Waals surface area contributed by atoms with Crippen molar-refractivity contribution < 1.29 is 13.2 Å². The summed E-state index contributed by atoms with van der Waals surface area (Å²) in [7, 11) is -3.00. The van der Waals surface area contributed by atoms with Crippen LogP contribution in [0.25, 0.3) is 10.9 Å². The number of rotatable bonds is 5. The largest absolute Gasteiger partial charge is 0.374 e. The number of para-hydroxylation sites is 1. The van der Waals surface area contributed by atoms with E-state index in [0.29, 0.717) is 13.0 Å². The molecule has 1 aromatic carbocycles. The molecular weight excluding hydrogens is 326 g/mol. The predicted octanol–water partition coefficient (Wildman–Crippen LogP) is 1.68. The van der Waals surface area contributed by atoms with Gasteiger partial charge in [0.15, 0.2) is 9.84 Å². The number of sulfone groups is 1. The molecule has 1 aliphatic rings. The summed E-state index contributed by atoms with van der Waals surface area (Å²) in [6, 6.07) is 9.40. The second kappa shape index (κ2) is 6.76. The fraction of sp³-hybridized carbons (Fsp3) is 0.412. The van der Waals surface area contributed by atoms with E-state index in [9.17, 15) is 13.2 Å². The molecule has 2 heterocycles. The molecule has 24 heavy (non-hydrogen) atoms. The van der Waals surface area contributed by atoms with Crippen molar-refractivity contribution in [1.29, 1.82) is 0 Å². The number of likely N-dealkylation sites (N-methyl/N-ethyl adjacent to an activating group) is 1. The Morgan fingerprint density at radius 3 is 2.83 bits per heavy atom. The predicted molar refractivity (Wildman–Crippen MR) is 94.7 cm³/mol. The van der Waals surface area contributed by atoms with Gasteiger partial charge in [-0.3, -0.25) is 9.78 Å². The van der Waals surface area contributed by atoms with Gasteiger partial charge in [0.1, 0.15) is 0 Å². The van der Waals surface area contributed by atoms with Gasteiger partial charge in [-0.15, -0.1) is 0 Å². The topological polar surface area (TPSA) is 79.4 Å². The Morgan fingerprint density at radius 1 is 1.33 bits per heavy atom. The van der Waals surface area contributed by atoms with Crippen LogP contribution < -0.4 is 5.32 Å². The van der Waals surface area contributed by atoms with Crippen LogP contribution in [0.1, 0.15) is 13.3 Å². The molecule has 128 valence electrons. The van der Waals surface area contributed by atoms with Gasteiger partial charge in [-0.05, 0) is 25.5 Å². The number of carbonyl (C=O) groups is 1. The van der Waals surface area contributed by atoms with Crippen molar-refractivity contribution in [3.05, 3.63) is 36.5 Å². The van der Waals surface area contributed by atoms with Crippen molar-refractivity contribution in [3.63, 3.8) is 0 Å². The average molecular weight is 347 g/mol. The molecule has 7 heteroatoms. The van der Waals surface area contributed by atoms with Crippen molar-refractivity contribution in [2.45, 2.75) is 19.4 Å². The molecule has 1 N–H and O–H groups in total. The lowest BCUT2D eigenvalue weighted by atomic mass is 10.2. The summed E-state index contributed by atoms with van der Waals surface area (Å²) in [4.78, 5) is 18.5. The Hall–Kier alpha value is -2.15. The van der Waals surface area contributed by atoms with Crippen LogP contribution in [0.15, 0.2) is 36.5 Å². The Kier molecular flexibility index (Phi) is 4.71. The van der Waals surface area contributed by atoms with Gasteiger partial charge in [-0.25, -0.2) is 8.42 Å². The summed E-state index contributed by atoms with van der Waals surface area (Å²) in [5.41, 5.74) is 1.62. The Morgan fingerprint density at radius 2 is 2.12 bits per heavy atom. The van der Waals surface area contributed by atoms with E-state index in [2.05, 4.69) is 10.3 Å². The first-order valence-corrected chi connectivity index (χ1v) is 9.90. The molecule has 0 bridgehead atoms.